The lowest BCUT2D eigenvalue weighted by molar-refractivity contribution is 0.290. The molecule has 0 bridgehead atoms. The van der Waals surface area contributed by atoms with Gasteiger partial charge >= 0.3 is 0 Å². The first kappa shape index (κ1) is 10.7. The number of hydrogen-bond acceptors (Lipinski definition) is 1. The van der Waals surface area contributed by atoms with E-state index in [0.29, 0.717) is 6.42 Å². The summed E-state index contributed by atoms with van der Waals surface area (Å²) >= 11 is 3.34. The van der Waals surface area contributed by atoms with Gasteiger partial charge in [0.25, 0.3) is 0 Å². The van der Waals surface area contributed by atoms with E-state index in [-0.39, 0.29) is 0 Å². The molecule has 1 aromatic rings. The van der Waals surface area contributed by atoms with Crippen LogP contribution in [-0.2, 0) is 6.42 Å². The summed E-state index contributed by atoms with van der Waals surface area (Å²) in [7, 11) is 0. The molecule has 0 amide bonds. The van der Waals surface area contributed by atoms with Crippen molar-refractivity contribution < 1.29 is 4.39 Å². The summed E-state index contributed by atoms with van der Waals surface area (Å²) in [6.45, 7) is 1.68. The molecule has 0 spiro atoms. The minimum atomic E-state index is -0.964. The Balaban J connectivity index is 2.64. The molecule has 0 saturated carbocycles. The second-order valence-corrected chi connectivity index (χ2v) is 4.12. The van der Waals surface area contributed by atoms with Gasteiger partial charge in [-0.2, -0.15) is 0 Å². The molecule has 1 rings (SSSR count). The Morgan fingerprint density at radius 3 is 2.77 bits per heavy atom. The number of rotatable bonds is 3. The van der Waals surface area contributed by atoms with Crippen molar-refractivity contribution in [3.8, 4) is 0 Å². The number of hydrogen-bond donors (Lipinski definition) is 1. The Morgan fingerprint density at radius 1 is 1.54 bits per heavy atom. The summed E-state index contributed by atoms with van der Waals surface area (Å²) in [6, 6.07) is 7.23. The van der Waals surface area contributed by atoms with E-state index < -0.39 is 12.2 Å². The molecule has 0 aromatic heterocycles. The van der Waals surface area contributed by atoms with Gasteiger partial charge in [-0.25, -0.2) is 4.39 Å². The number of nitrogens with two attached hydrogens (primary N) is 1. The second kappa shape index (κ2) is 4.72. The summed E-state index contributed by atoms with van der Waals surface area (Å²) in [4.78, 5) is 0. The lowest BCUT2D eigenvalue weighted by Crippen LogP contribution is -2.29. The van der Waals surface area contributed by atoms with Gasteiger partial charge in [0.1, 0.15) is 6.17 Å². The molecular formula is C10H13BrFN. The predicted octanol–water partition coefficient (Wildman–Crippen LogP) is 2.68. The lowest BCUT2D eigenvalue weighted by atomic mass is 10.1. The zero-order valence-electron chi connectivity index (χ0n) is 7.50. The molecule has 0 fully saturated rings. The average Bonchev–Trinajstić information content (AvgIpc) is 2.04. The molecule has 0 aliphatic carbocycles. The fourth-order valence-corrected chi connectivity index (χ4v) is 1.52. The van der Waals surface area contributed by atoms with Gasteiger partial charge in [-0.1, -0.05) is 28.1 Å². The van der Waals surface area contributed by atoms with E-state index in [2.05, 4.69) is 15.9 Å². The molecular weight excluding hydrogens is 233 g/mol. The monoisotopic (exact) mass is 245 g/mol. The van der Waals surface area contributed by atoms with Crippen molar-refractivity contribution in [1.29, 1.82) is 0 Å². The van der Waals surface area contributed by atoms with Crippen LogP contribution in [-0.4, -0.2) is 12.2 Å². The fraction of sp³-hybridized carbons (Fsp3) is 0.400. The number of alkyl halides is 1. The molecule has 72 valence electrons. The predicted molar refractivity (Wildman–Crippen MR) is 56.4 cm³/mol. The Kier molecular flexibility index (Phi) is 3.88. The quantitative estimate of drug-likeness (QED) is 0.871. The van der Waals surface area contributed by atoms with E-state index in [0.717, 1.165) is 10.0 Å². The molecule has 2 atom stereocenters. The molecule has 0 radical (unpaired) electrons. The van der Waals surface area contributed by atoms with Crippen LogP contribution in [0.1, 0.15) is 12.5 Å². The Hall–Kier alpha value is -0.410. The summed E-state index contributed by atoms with van der Waals surface area (Å²) < 4.78 is 14.2. The fourth-order valence-electron chi connectivity index (χ4n) is 1.07. The van der Waals surface area contributed by atoms with Crippen molar-refractivity contribution in [3.63, 3.8) is 0 Å². The van der Waals surface area contributed by atoms with Crippen LogP contribution in [0.5, 0.6) is 0 Å². The van der Waals surface area contributed by atoms with E-state index in [9.17, 15) is 4.39 Å². The van der Waals surface area contributed by atoms with Crippen LogP contribution < -0.4 is 5.73 Å². The maximum atomic E-state index is 13.2. The highest BCUT2D eigenvalue weighted by atomic mass is 79.9. The van der Waals surface area contributed by atoms with Gasteiger partial charge in [0.15, 0.2) is 0 Å². The summed E-state index contributed by atoms with van der Waals surface area (Å²) in [6.07, 6.45) is -0.578. The van der Waals surface area contributed by atoms with Gasteiger partial charge in [-0.15, -0.1) is 0 Å². The summed E-state index contributed by atoms with van der Waals surface area (Å²) in [5.74, 6) is 0. The van der Waals surface area contributed by atoms with Crippen molar-refractivity contribution in [2.45, 2.75) is 25.6 Å². The third kappa shape index (κ3) is 3.44. The average molecular weight is 246 g/mol. The zero-order chi connectivity index (χ0) is 9.84. The third-order valence-electron chi connectivity index (χ3n) is 1.89. The normalized spacial score (nSPS) is 15.4. The van der Waals surface area contributed by atoms with Gasteiger partial charge in [-0.3, -0.25) is 0 Å². The van der Waals surface area contributed by atoms with Crippen molar-refractivity contribution in [3.05, 3.63) is 34.3 Å². The van der Waals surface area contributed by atoms with Crippen molar-refractivity contribution in [2.75, 3.05) is 0 Å². The zero-order valence-corrected chi connectivity index (χ0v) is 9.09. The Morgan fingerprint density at radius 2 is 2.23 bits per heavy atom. The molecule has 0 aliphatic heterocycles. The van der Waals surface area contributed by atoms with Crippen LogP contribution in [0, 0.1) is 0 Å². The highest BCUT2D eigenvalue weighted by Crippen LogP contribution is 2.14. The molecule has 0 saturated heterocycles. The van der Waals surface area contributed by atoms with Gasteiger partial charge < -0.3 is 5.73 Å². The maximum Gasteiger partial charge on any atom is 0.119 e. The van der Waals surface area contributed by atoms with Crippen molar-refractivity contribution in [1.82, 2.24) is 0 Å². The topological polar surface area (TPSA) is 26.0 Å². The van der Waals surface area contributed by atoms with Gasteiger partial charge in [-0.05, 0) is 24.6 Å². The smallest absolute Gasteiger partial charge is 0.119 e. The van der Waals surface area contributed by atoms with Crippen LogP contribution in [0.4, 0.5) is 4.39 Å². The SMILES string of the molecule is CC(N)C(F)Cc1cccc(Br)c1. The minimum Gasteiger partial charge on any atom is -0.325 e. The van der Waals surface area contributed by atoms with Crippen LogP contribution >= 0.6 is 15.9 Å². The van der Waals surface area contributed by atoms with Crippen molar-refractivity contribution >= 4 is 15.9 Å². The summed E-state index contributed by atoms with van der Waals surface area (Å²) in [5, 5.41) is 0. The largest absolute Gasteiger partial charge is 0.325 e. The first-order chi connectivity index (χ1) is 6.09. The van der Waals surface area contributed by atoms with Crippen LogP contribution in [0.2, 0.25) is 0 Å². The van der Waals surface area contributed by atoms with Gasteiger partial charge in [0.05, 0.1) is 0 Å². The first-order valence-electron chi connectivity index (χ1n) is 4.23. The Labute approximate surface area is 86.3 Å². The first-order valence-corrected chi connectivity index (χ1v) is 5.03. The van der Waals surface area contributed by atoms with E-state index >= 15 is 0 Å². The lowest BCUT2D eigenvalue weighted by Gasteiger charge is -2.11. The molecule has 2 N–H and O–H groups in total. The molecule has 1 nitrogen and oxygen atoms in total. The van der Waals surface area contributed by atoms with Gasteiger partial charge in [0.2, 0.25) is 0 Å². The van der Waals surface area contributed by atoms with Gasteiger partial charge in [0, 0.05) is 16.9 Å². The molecule has 2 unspecified atom stereocenters. The number of benzene rings is 1. The van der Waals surface area contributed by atoms with Crippen LogP contribution in [0.15, 0.2) is 28.7 Å². The molecule has 3 heteroatoms. The van der Waals surface area contributed by atoms with E-state index in [1.165, 1.54) is 0 Å². The number of halogens is 2. The minimum absolute atomic E-state index is 0.386. The second-order valence-electron chi connectivity index (χ2n) is 3.21. The summed E-state index contributed by atoms with van der Waals surface area (Å²) in [5.41, 5.74) is 6.41. The third-order valence-corrected chi connectivity index (χ3v) is 2.38. The standard InChI is InChI=1S/C10H13BrFN/c1-7(13)10(12)6-8-3-2-4-9(11)5-8/h2-5,7,10H,6,13H2,1H3. The molecule has 0 aliphatic rings. The van der Waals surface area contributed by atoms with E-state index in [4.69, 9.17) is 5.73 Å². The van der Waals surface area contributed by atoms with Crippen LogP contribution in [0.3, 0.4) is 0 Å². The maximum absolute atomic E-state index is 13.2. The molecule has 1 aromatic carbocycles. The molecule has 0 heterocycles. The van der Waals surface area contributed by atoms with E-state index in [1.807, 2.05) is 24.3 Å². The Bertz CT molecular complexity index is 275. The molecule has 13 heavy (non-hydrogen) atoms. The van der Waals surface area contributed by atoms with E-state index in [1.54, 1.807) is 6.92 Å². The highest BCUT2D eigenvalue weighted by Gasteiger charge is 2.12. The van der Waals surface area contributed by atoms with Crippen molar-refractivity contribution in [2.24, 2.45) is 5.73 Å². The highest BCUT2D eigenvalue weighted by molar-refractivity contribution is 9.10. The van der Waals surface area contributed by atoms with Crippen LogP contribution in [0.25, 0.3) is 0 Å².